The second-order valence-electron chi connectivity index (χ2n) is 6.00. The van der Waals surface area contributed by atoms with E-state index in [-0.39, 0.29) is 0 Å². The summed E-state index contributed by atoms with van der Waals surface area (Å²) in [4.78, 5) is 13.8. The third-order valence-electron chi connectivity index (χ3n) is 4.22. The predicted octanol–water partition coefficient (Wildman–Crippen LogP) is 2.04. The zero-order valence-electron chi connectivity index (χ0n) is 13.7. The highest BCUT2D eigenvalue weighted by Gasteiger charge is 2.21. The second kappa shape index (κ2) is 7.08. The minimum Gasteiger partial charge on any atom is -0.381 e. The van der Waals surface area contributed by atoms with Gasteiger partial charge in [0.25, 0.3) is 0 Å². The summed E-state index contributed by atoms with van der Waals surface area (Å²) >= 11 is 1.81. The third kappa shape index (κ3) is 3.40. The number of fused-ring (bicyclic) bond motifs is 1. The fourth-order valence-corrected chi connectivity index (χ4v) is 3.97. The van der Waals surface area contributed by atoms with E-state index in [1.807, 2.05) is 6.07 Å². The zero-order valence-corrected chi connectivity index (χ0v) is 14.5. The van der Waals surface area contributed by atoms with Crippen molar-refractivity contribution in [2.75, 3.05) is 31.4 Å². The summed E-state index contributed by atoms with van der Waals surface area (Å²) < 4.78 is 12.9. The number of nitrogens with zero attached hydrogens (tertiary/aromatic N) is 4. The first-order valence-corrected chi connectivity index (χ1v) is 9.17. The molecule has 0 saturated carbocycles. The Morgan fingerprint density at radius 1 is 1.42 bits per heavy atom. The number of imidazole rings is 1. The van der Waals surface area contributed by atoms with Crippen LogP contribution in [0.1, 0.15) is 29.6 Å². The normalized spacial score (nSPS) is 19.6. The van der Waals surface area contributed by atoms with Crippen molar-refractivity contribution in [3.63, 3.8) is 0 Å². The molecule has 24 heavy (non-hydrogen) atoms. The molecule has 1 atom stereocenters. The van der Waals surface area contributed by atoms with Gasteiger partial charge in [-0.05, 0) is 6.42 Å². The van der Waals surface area contributed by atoms with Gasteiger partial charge in [0, 0.05) is 44.2 Å². The molecule has 0 spiro atoms. The van der Waals surface area contributed by atoms with Gasteiger partial charge in [0.1, 0.15) is 12.4 Å². The van der Waals surface area contributed by atoms with Crippen molar-refractivity contribution in [1.29, 1.82) is 0 Å². The largest absolute Gasteiger partial charge is 0.381 e. The molecule has 4 heterocycles. The summed E-state index contributed by atoms with van der Waals surface area (Å²) in [6, 6.07) is 2.02. The minimum absolute atomic E-state index is 0.344. The molecule has 0 aromatic carbocycles. The van der Waals surface area contributed by atoms with Crippen LogP contribution in [0.3, 0.4) is 0 Å². The van der Waals surface area contributed by atoms with Crippen molar-refractivity contribution in [3.8, 4) is 0 Å². The standard InChI is InChI=1S/C16H21N5O2S/c1-22-10-15-19-13(11-2-4-23-9-11)6-14(20-15)17-7-12-8-21-3-5-24-16(21)18-12/h6,8,11H,2-5,7,9-10H2,1H3,(H,17,19,20). The fraction of sp³-hybridized carbons (Fsp3) is 0.562. The van der Waals surface area contributed by atoms with Gasteiger partial charge in [-0.2, -0.15) is 0 Å². The Hall–Kier alpha value is -1.64. The van der Waals surface area contributed by atoms with Crippen LogP contribution in [0.5, 0.6) is 0 Å². The molecule has 7 nitrogen and oxygen atoms in total. The van der Waals surface area contributed by atoms with E-state index in [0.29, 0.717) is 24.9 Å². The molecule has 0 amide bonds. The Kier molecular flexibility index (Phi) is 4.68. The highest BCUT2D eigenvalue weighted by Crippen LogP contribution is 2.26. The van der Waals surface area contributed by atoms with Gasteiger partial charge in [0.05, 0.1) is 24.5 Å². The molecule has 8 heteroatoms. The van der Waals surface area contributed by atoms with E-state index in [2.05, 4.69) is 31.0 Å². The molecule has 128 valence electrons. The van der Waals surface area contributed by atoms with Crippen LogP contribution in [-0.2, 0) is 29.2 Å². The van der Waals surface area contributed by atoms with Crippen molar-refractivity contribution in [2.45, 2.75) is 37.2 Å². The van der Waals surface area contributed by atoms with Crippen LogP contribution in [-0.4, -0.2) is 45.6 Å². The van der Waals surface area contributed by atoms with E-state index in [1.54, 1.807) is 18.9 Å². The van der Waals surface area contributed by atoms with E-state index in [9.17, 15) is 0 Å². The van der Waals surface area contributed by atoms with Crippen LogP contribution in [0.25, 0.3) is 0 Å². The molecule has 2 aliphatic rings. The van der Waals surface area contributed by atoms with Gasteiger partial charge in [-0.15, -0.1) is 0 Å². The maximum atomic E-state index is 5.49. The lowest BCUT2D eigenvalue weighted by Crippen LogP contribution is -2.10. The summed E-state index contributed by atoms with van der Waals surface area (Å²) in [6.45, 7) is 3.64. The third-order valence-corrected chi connectivity index (χ3v) is 5.19. The molecule has 2 aromatic rings. The Labute approximate surface area is 145 Å². The number of hydrogen-bond donors (Lipinski definition) is 1. The first-order chi connectivity index (χ1) is 11.8. The SMILES string of the molecule is COCc1nc(NCc2cn3c(n2)SCC3)cc(C2CCOC2)n1. The molecule has 0 aliphatic carbocycles. The average molecular weight is 347 g/mol. The summed E-state index contributed by atoms with van der Waals surface area (Å²) in [5.74, 6) is 2.99. The lowest BCUT2D eigenvalue weighted by Gasteiger charge is -2.12. The minimum atomic E-state index is 0.344. The van der Waals surface area contributed by atoms with E-state index in [1.165, 1.54) is 0 Å². The van der Waals surface area contributed by atoms with Gasteiger partial charge in [0.15, 0.2) is 11.0 Å². The molecule has 0 bridgehead atoms. The maximum Gasteiger partial charge on any atom is 0.168 e. The van der Waals surface area contributed by atoms with Crippen molar-refractivity contribution < 1.29 is 9.47 Å². The van der Waals surface area contributed by atoms with Crippen molar-refractivity contribution >= 4 is 17.6 Å². The van der Waals surface area contributed by atoms with Gasteiger partial charge in [-0.1, -0.05) is 11.8 Å². The van der Waals surface area contributed by atoms with Gasteiger partial charge in [-0.3, -0.25) is 0 Å². The first-order valence-electron chi connectivity index (χ1n) is 8.19. The Morgan fingerprint density at radius 3 is 3.17 bits per heavy atom. The number of rotatable bonds is 6. The highest BCUT2D eigenvalue weighted by atomic mass is 32.2. The monoisotopic (exact) mass is 347 g/mol. The molecule has 4 rings (SSSR count). The van der Waals surface area contributed by atoms with Crippen LogP contribution >= 0.6 is 11.8 Å². The van der Waals surface area contributed by atoms with Crippen molar-refractivity contribution in [2.24, 2.45) is 0 Å². The summed E-state index contributed by atoms with van der Waals surface area (Å²) in [7, 11) is 1.66. The quantitative estimate of drug-likeness (QED) is 0.857. The number of aromatic nitrogens is 4. The average Bonchev–Trinajstić information content (AvgIpc) is 3.30. The van der Waals surface area contributed by atoms with Crippen LogP contribution in [0, 0.1) is 0 Å². The summed E-state index contributed by atoms with van der Waals surface area (Å²) in [6.07, 6.45) is 3.12. The van der Waals surface area contributed by atoms with E-state index in [4.69, 9.17) is 9.47 Å². The summed E-state index contributed by atoms with van der Waals surface area (Å²) in [5, 5.41) is 4.49. The van der Waals surface area contributed by atoms with E-state index >= 15 is 0 Å². The number of hydrogen-bond acceptors (Lipinski definition) is 7. The number of nitrogens with one attached hydrogen (secondary N) is 1. The summed E-state index contributed by atoms with van der Waals surface area (Å²) in [5.41, 5.74) is 2.06. The molecular weight excluding hydrogens is 326 g/mol. The molecule has 2 aliphatic heterocycles. The maximum absolute atomic E-state index is 5.49. The van der Waals surface area contributed by atoms with Gasteiger partial charge >= 0.3 is 0 Å². The number of aryl methyl sites for hydroxylation is 1. The zero-order chi connectivity index (χ0) is 16.4. The Balaban J connectivity index is 1.49. The van der Waals surface area contributed by atoms with Gasteiger partial charge in [-0.25, -0.2) is 15.0 Å². The van der Waals surface area contributed by atoms with Crippen LogP contribution in [0.15, 0.2) is 17.4 Å². The number of anilines is 1. The van der Waals surface area contributed by atoms with Crippen molar-refractivity contribution in [3.05, 3.63) is 29.5 Å². The number of thioether (sulfide) groups is 1. The predicted molar refractivity (Wildman–Crippen MR) is 91.2 cm³/mol. The lowest BCUT2D eigenvalue weighted by molar-refractivity contribution is 0.177. The second-order valence-corrected chi connectivity index (χ2v) is 7.06. The molecule has 0 radical (unpaired) electrons. The first kappa shape index (κ1) is 15.9. The van der Waals surface area contributed by atoms with Gasteiger partial charge < -0.3 is 19.4 Å². The highest BCUT2D eigenvalue weighted by molar-refractivity contribution is 7.99. The molecular formula is C16H21N5O2S. The molecule has 2 aromatic heterocycles. The Bertz CT molecular complexity index is 693. The lowest BCUT2D eigenvalue weighted by atomic mass is 10.0. The molecule has 1 N–H and O–H groups in total. The Morgan fingerprint density at radius 2 is 2.38 bits per heavy atom. The number of methoxy groups -OCH3 is 1. The molecule has 1 fully saturated rings. The van der Waals surface area contributed by atoms with Gasteiger partial charge in [0.2, 0.25) is 0 Å². The van der Waals surface area contributed by atoms with Crippen LogP contribution in [0.2, 0.25) is 0 Å². The number of ether oxygens (including phenoxy) is 2. The fourth-order valence-electron chi connectivity index (χ4n) is 3.01. The molecule has 1 saturated heterocycles. The van der Waals surface area contributed by atoms with E-state index < -0.39 is 0 Å². The van der Waals surface area contributed by atoms with Crippen molar-refractivity contribution in [1.82, 2.24) is 19.5 Å². The van der Waals surface area contributed by atoms with Crippen LogP contribution < -0.4 is 5.32 Å². The smallest absolute Gasteiger partial charge is 0.168 e. The topological polar surface area (TPSA) is 74.1 Å². The van der Waals surface area contributed by atoms with E-state index in [0.717, 1.165) is 54.3 Å². The molecule has 1 unspecified atom stereocenters. The van der Waals surface area contributed by atoms with Crippen LogP contribution in [0.4, 0.5) is 5.82 Å².